The van der Waals surface area contributed by atoms with Crippen molar-refractivity contribution < 1.29 is 4.70 Å². The predicted molar refractivity (Wildman–Crippen MR) is 25.4 cm³/mol. The van der Waals surface area contributed by atoms with E-state index in [1.165, 1.54) is 0 Å². The van der Waals surface area contributed by atoms with Gasteiger partial charge in [0.25, 0.3) is 0 Å². The molecule has 0 aromatic rings. The fraction of sp³-hybridized carbons (Fsp3) is 0.333. The van der Waals surface area contributed by atoms with E-state index < -0.39 is 0 Å². The number of nitriles is 1. The second-order valence-electron chi connectivity index (χ2n) is 0.784. The van der Waals surface area contributed by atoms with E-state index in [4.69, 9.17) is 5.26 Å². The molecule has 3 nitrogen and oxygen atoms in total. The van der Waals surface area contributed by atoms with Crippen molar-refractivity contribution in [3.05, 3.63) is 0 Å². The van der Waals surface area contributed by atoms with E-state index in [-0.39, 0.29) is 6.54 Å². The Labute approximate surface area is 41.9 Å². The maximum absolute atomic E-state index is 9.42. The summed E-state index contributed by atoms with van der Waals surface area (Å²) in [5.74, 6) is 0. The Morgan fingerprint density at radius 2 is 2.71 bits per heavy atom. The fourth-order valence-corrected chi connectivity index (χ4v) is 0.137. The van der Waals surface area contributed by atoms with Crippen LogP contribution in [0.5, 0.6) is 0 Å². The zero-order valence-corrected chi connectivity index (χ0v) is 3.66. The standard InChI is InChI=1S/C3H3BN2O/c5-1-2-6-3-4-7/h3H,2H2. The Morgan fingerprint density at radius 3 is 3.14 bits per heavy atom. The van der Waals surface area contributed by atoms with Gasteiger partial charge in [0.15, 0.2) is 0 Å². The van der Waals surface area contributed by atoms with Gasteiger partial charge < -0.3 is 0 Å². The summed E-state index contributed by atoms with van der Waals surface area (Å²) in [6.45, 7) is 0.0682. The van der Waals surface area contributed by atoms with Gasteiger partial charge in [-0.1, -0.05) is 0 Å². The van der Waals surface area contributed by atoms with Crippen LogP contribution >= 0.6 is 0 Å². The zero-order chi connectivity index (χ0) is 5.54. The molecule has 0 aliphatic rings. The molecular formula is C3H3BN2O. The normalized spacial score (nSPS) is 7.86. The number of nitrogens with zero attached hydrogens (tertiary/aromatic N) is 2. The Kier molecular flexibility index (Phi) is 4.32. The third-order valence-corrected chi connectivity index (χ3v) is 0.328. The molecule has 0 unspecified atom stereocenters. The minimum atomic E-state index is 0.0682. The van der Waals surface area contributed by atoms with Gasteiger partial charge in [-0.2, -0.15) is 0 Å². The van der Waals surface area contributed by atoms with Crippen LogP contribution in [0.3, 0.4) is 0 Å². The zero-order valence-electron chi connectivity index (χ0n) is 3.66. The number of aliphatic imine (C=N–C) groups is 1. The van der Waals surface area contributed by atoms with Crippen LogP contribution in [0.1, 0.15) is 0 Å². The van der Waals surface area contributed by atoms with Crippen LogP contribution in [0, 0.1) is 11.3 Å². The molecule has 0 aliphatic carbocycles. The molecule has 0 N–H and O–H groups in total. The van der Waals surface area contributed by atoms with Gasteiger partial charge >= 0.3 is 40.8 Å². The van der Waals surface area contributed by atoms with Crippen LogP contribution < -0.4 is 0 Å². The summed E-state index contributed by atoms with van der Waals surface area (Å²) < 4.78 is 9.42. The Morgan fingerprint density at radius 1 is 2.00 bits per heavy atom. The van der Waals surface area contributed by atoms with Crippen molar-refractivity contribution >= 4 is 13.3 Å². The first-order chi connectivity index (χ1) is 3.41. The third kappa shape index (κ3) is 5.02. The van der Waals surface area contributed by atoms with Crippen LogP contribution in [0.25, 0.3) is 0 Å². The molecule has 0 spiro atoms. The van der Waals surface area contributed by atoms with Gasteiger partial charge in [-0.3, -0.25) is 0 Å². The molecule has 0 atom stereocenters. The average molecular weight is 93.9 g/mol. The van der Waals surface area contributed by atoms with Gasteiger partial charge in [0.1, 0.15) is 0 Å². The van der Waals surface area contributed by atoms with Crippen molar-refractivity contribution in [1.82, 2.24) is 0 Å². The summed E-state index contributed by atoms with van der Waals surface area (Å²) >= 11 is 0. The molecule has 34 valence electrons. The predicted octanol–water partition coefficient (Wildman–Crippen LogP) is -0.412. The molecule has 0 heterocycles. The van der Waals surface area contributed by atoms with Gasteiger partial charge in [0, 0.05) is 0 Å². The van der Waals surface area contributed by atoms with Crippen LogP contribution in [0.15, 0.2) is 4.99 Å². The maximum atomic E-state index is 9.42. The van der Waals surface area contributed by atoms with Crippen molar-refractivity contribution in [1.29, 1.82) is 5.26 Å². The molecule has 0 fully saturated rings. The minimum absolute atomic E-state index is 0.0682. The van der Waals surface area contributed by atoms with Gasteiger partial charge in [-0.05, 0) is 0 Å². The molecule has 0 saturated carbocycles. The van der Waals surface area contributed by atoms with Crippen LogP contribution in [-0.4, -0.2) is 19.8 Å². The van der Waals surface area contributed by atoms with Gasteiger partial charge in [-0.15, -0.1) is 0 Å². The third-order valence-electron chi connectivity index (χ3n) is 0.328. The van der Waals surface area contributed by atoms with Crippen molar-refractivity contribution in [3.63, 3.8) is 0 Å². The average Bonchev–Trinajstić information content (AvgIpc) is 1.69. The SMILES string of the molecule is N#CCN=CB=O. The monoisotopic (exact) mass is 94.0 g/mol. The van der Waals surface area contributed by atoms with E-state index in [9.17, 15) is 4.70 Å². The molecule has 0 rings (SSSR count). The van der Waals surface area contributed by atoms with E-state index >= 15 is 0 Å². The molecule has 0 bridgehead atoms. The molecule has 0 radical (unpaired) electrons. The first kappa shape index (κ1) is 6.02. The molecule has 0 saturated heterocycles. The first-order valence-electron chi connectivity index (χ1n) is 1.72. The topological polar surface area (TPSA) is 53.2 Å². The summed E-state index contributed by atoms with van der Waals surface area (Å²) in [6, 6.07) is 1.75. The quantitative estimate of drug-likeness (QED) is 0.265. The molecule has 7 heavy (non-hydrogen) atoms. The number of hydrogen-bond acceptors (Lipinski definition) is 3. The van der Waals surface area contributed by atoms with E-state index in [0.717, 1.165) is 6.11 Å². The summed E-state index contributed by atoms with van der Waals surface area (Å²) in [4.78, 5) is 3.35. The summed E-state index contributed by atoms with van der Waals surface area (Å²) in [5.41, 5.74) is 0. The summed E-state index contributed by atoms with van der Waals surface area (Å²) in [7, 11) is 0.539. The summed E-state index contributed by atoms with van der Waals surface area (Å²) in [5, 5.41) is 7.81. The molecule has 0 aliphatic heterocycles. The van der Waals surface area contributed by atoms with Crippen molar-refractivity contribution in [3.8, 4) is 6.07 Å². The Balaban J connectivity index is 3.13. The van der Waals surface area contributed by atoms with E-state index in [2.05, 4.69) is 4.99 Å². The van der Waals surface area contributed by atoms with Gasteiger partial charge in [-0.25, -0.2) is 0 Å². The van der Waals surface area contributed by atoms with Crippen LogP contribution in [-0.2, 0) is 4.70 Å². The fourth-order valence-electron chi connectivity index (χ4n) is 0.137. The van der Waals surface area contributed by atoms with E-state index in [1.54, 1.807) is 6.07 Å². The van der Waals surface area contributed by atoms with E-state index in [1.807, 2.05) is 0 Å². The van der Waals surface area contributed by atoms with Gasteiger partial charge in [0.05, 0.1) is 0 Å². The molecular weight excluding hydrogens is 90.9 g/mol. The van der Waals surface area contributed by atoms with Gasteiger partial charge in [0.2, 0.25) is 0 Å². The van der Waals surface area contributed by atoms with Crippen LogP contribution in [0.4, 0.5) is 0 Å². The second-order valence-corrected chi connectivity index (χ2v) is 0.784. The van der Waals surface area contributed by atoms with Crippen molar-refractivity contribution in [2.75, 3.05) is 6.54 Å². The molecule has 0 aromatic carbocycles. The Bertz CT molecular complexity index is 115. The van der Waals surface area contributed by atoms with Crippen molar-refractivity contribution in [2.24, 2.45) is 4.99 Å². The molecule has 4 heteroatoms. The van der Waals surface area contributed by atoms with Crippen molar-refractivity contribution in [2.45, 2.75) is 0 Å². The number of rotatable bonds is 2. The second kappa shape index (κ2) is 5.02. The molecule has 0 amide bonds. The van der Waals surface area contributed by atoms with E-state index in [0.29, 0.717) is 7.15 Å². The first-order valence-corrected chi connectivity index (χ1v) is 1.72. The Hall–Kier alpha value is -0.975. The summed E-state index contributed by atoms with van der Waals surface area (Å²) in [6.07, 6.45) is 1.06. The molecule has 0 aromatic heterocycles. The van der Waals surface area contributed by atoms with Crippen LogP contribution in [0.2, 0.25) is 0 Å². The number of hydrogen-bond donors (Lipinski definition) is 0.